The fourth-order valence-electron chi connectivity index (χ4n) is 2.64. The van der Waals surface area contributed by atoms with E-state index in [0.717, 1.165) is 51.4 Å². The van der Waals surface area contributed by atoms with Crippen molar-refractivity contribution < 1.29 is 19.0 Å². The molecule has 1 aromatic rings. The van der Waals surface area contributed by atoms with Gasteiger partial charge in [-0.2, -0.15) is 0 Å². The van der Waals surface area contributed by atoms with E-state index in [2.05, 4.69) is 10.2 Å². The molecule has 1 saturated heterocycles. The Kier molecular flexibility index (Phi) is 7.81. The summed E-state index contributed by atoms with van der Waals surface area (Å²) in [5.74, 6) is 0.661. The molecule has 24 heavy (non-hydrogen) atoms. The maximum atomic E-state index is 11.0. The molecule has 0 unspecified atom stereocenters. The average Bonchev–Trinajstić information content (AvgIpc) is 2.60. The molecule has 7 heteroatoms. The number of amides is 1. The topological polar surface area (TPSA) is 86.1 Å². The van der Waals surface area contributed by atoms with Gasteiger partial charge in [0, 0.05) is 25.2 Å². The van der Waals surface area contributed by atoms with E-state index in [1.807, 2.05) is 12.1 Å². The van der Waals surface area contributed by atoms with Gasteiger partial charge in [0.2, 0.25) is 0 Å². The molecule has 0 atom stereocenters. The molecule has 1 fully saturated rings. The van der Waals surface area contributed by atoms with Crippen molar-refractivity contribution in [3.63, 3.8) is 0 Å². The molecule has 0 aromatic heterocycles. The molecular weight excluding hydrogens is 310 g/mol. The van der Waals surface area contributed by atoms with Crippen molar-refractivity contribution in [2.75, 3.05) is 53.1 Å². The zero-order valence-corrected chi connectivity index (χ0v) is 14.3. The number of hydrogen-bond acceptors (Lipinski definition) is 6. The number of benzene rings is 1. The highest BCUT2D eigenvalue weighted by molar-refractivity contribution is 5.75. The van der Waals surface area contributed by atoms with Gasteiger partial charge in [0.1, 0.15) is 0 Å². The maximum Gasteiger partial charge on any atom is 0.255 e. The number of nitrogens with one attached hydrogen (secondary N) is 1. The summed E-state index contributed by atoms with van der Waals surface area (Å²) >= 11 is 0. The van der Waals surface area contributed by atoms with Crippen LogP contribution in [0.5, 0.6) is 11.5 Å². The second kappa shape index (κ2) is 10.1. The van der Waals surface area contributed by atoms with Gasteiger partial charge in [0.05, 0.1) is 20.3 Å². The van der Waals surface area contributed by atoms with Crippen LogP contribution in [0.4, 0.5) is 0 Å². The third kappa shape index (κ3) is 5.99. The molecule has 1 aromatic carbocycles. The van der Waals surface area contributed by atoms with Crippen molar-refractivity contribution in [2.45, 2.75) is 13.0 Å². The molecule has 0 spiro atoms. The van der Waals surface area contributed by atoms with Crippen LogP contribution in [0, 0.1) is 0 Å². The lowest BCUT2D eigenvalue weighted by molar-refractivity contribution is -0.119. The molecule has 134 valence electrons. The maximum absolute atomic E-state index is 11.0. The van der Waals surface area contributed by atoms with Crippen LogP contribution in [-0.2, 0) is 16.1 Å². The van der Waals surface area contributed by atoms with Crippen molar-refractivity contribution in [3.05, 3.63) is 23.8 Å². The molecule has 0 saturated carbocycles. The molecule has 0 bridgehead atoms. The SMILES string of the molecule is COc1cccc(CNCCCN2CCOCC2)c1OCC(N)=O. The predicted octanol–water partition coefficient (Wildman–Crippen LogP) is 0.371. The summed E-state index contributed by atoms with van der Waals surface area (Å²) in [4.78, 5) is 13.4. The number of nitrogens with two attached hydrogens (primary N) is 1. The van der Waals surface area contributed by atoms with E-state index in [9.17, 15) is 4.79 Å². The Balaban J connectivity index is 1.79. The van der Waals surface area contributed by atoms with Gasteiger partial charge >= 0.3 is 0 Å². The van der Waals surface area contributed by atoms with Gasteiger partial charge in [-0.25, -0.2) is 0 Å². The van der Waals surface area contributed by atoms with E-state index in [-0.39, 0.29) is 6.61 Å². The van der Waals surface area contributed by atoms with E-state index in [0.29, 0.717) is 18.0 Å². The minimum Gasteiger partial charge on any atom is -0.493 e. The first-order valence-corrected chi connectivity index (χ1v) is 8.28. The number of primary amides is 1. The van der Waals surface area contributed by atoms with Crippen LogP contribution >= 0.6 is 0 Å². The number of ether oxygens (including phenoxy) is 3. The smallest absolute Gasteiger partial charge is 0.255 e. The largest absolute Gasteiger partial charge is 0.493 e. The van der Waals surface area contributed by atoms with Gasteiger partial charge in [-0.05, 0) is 25.6 Å². The fourth-order valence-corrected chi connectivity index (χ4v) is 2.64. The van der Waals surface area contributed by atoms with Crippen LogP contribution in [0.25, 0.3) is 0 Å². The quantitative estimate of drug-likeness (QED) is 0.600. The molecule has 0 radical (unpaired) electrons. The highest BCUT2D eigenvalue weighted by atomic mass is 16.5. The predicted molar refractivity (Wildman–Crippen MR) is 91.3 cm³/mol. The molecule has 1 amide bonds. The lowest BCUT2D eigenvalue weighted by Gasteiger charge is -2.26. The van der Waals surface area contributed by atoms with Crippen molar-refractivity contribution in [1.82, 2.24) is 10.2 Å². The Morgan fingerprint density at radius 1 is 1.38 bits per heavy atom. The number of methoxy groups -OCH3 is 1. The Hall–Kier alpha value is -1.83. The highest BCUT2D eigenvalue weighted by Crippen LogP contribution is 2.30. The van der Waals surface area contributed by atoms with Gasteiger partial charge in [0.25, 0.3) is 5.91 Å². The van der Waals surface area contributed by atoms with Crippen LogP contribution in [-0.4, -0.2) is 63.9 Å². The fraction of sp³-hybridized carbons (Fsp3) is 0.588. The summed E-state index contributed by atoms with van der Waals surface area (Å²) in [5.41, 5.74) is 6.10. The molecule has 7 nitrogen and oxygen atoms in total. The first-order valence-electron chi connectivity index (χ1n) is 8.28. The van der Waals surface area contributed by atoms with Gasteiger partial charge in [-0.3, -0.25) is 9.69 Å². The van der Waals surface area contributed by atoms with E-state index in [1.54, 1.807) is 13.2 Å². The molecule has 1 aliphatic heterocycles. The summed E-state index contributed by atoms with van der Waals surface area (Å²) in [6.45, 7) is 6.15. The molecule has 0 aliphatic carbocycles. The van der Waals surface area contributed by atoms with E-state index < -0.39 is 5.91 Å². The molecule has 1 aliphatic rings. The van der Waals surface area contributed by atoms with Gasteiger partial charge in [-0.1, -0.05) is 12.1 Å². The minimum absolute atomic E-state index is 0.162. The van der Waals surface area contributed by atoms with Crippen molar-refractivity contribution in [2.24, 2.45) is 5.73 Å². The summed E-state index contributed by atoms with van der Waals surface area (Å²) in [7, 11) is 1.58. The first kappa shape index (κ1) is 18.5. The first-order chi connectivity index (χ1) is 11.7. The summed E-state index contributed by atoms with van der Waals surface area (Å²) in [5, 5.41) is 3.41. The Morgan fingerprint density at radius 2 is 2.17 bits per heavy atom. The van der Waals surface area contributed by atoms with Crippen molar-refractivity contribution >= 4 is 5.91 Å². The zero-order valence-electron chi connectivity index (χ0n) is 14.3. The van der Waals surface area contributed by atoms with Crippen LogP contribution < -0.4 is 20.5 Å². The number of carbonyl (C=O) groups excluding carboxylic acids is 1. The Bertz CT molecular complexity index is 519. The third-order valence-electron chi connectivity index (χ3n) is 3.89. The van der Waals surface area contributed by atoms with Crippen LogP contribution in [0.1, 0.15) is 12.0 Å². The van der Waals surface area contributed by atoms with Crippen LogP contribution in [0.15, 0.2) is 18.2 Å². The summed E-state index contributed by atoms with van der Waals surface area (Å²) < 4.78 is 16.2. The zero-order chi connectivity index (χ0) is 17.2. The van der Waals surface area contributed by atoms with Crippen LogP contribution in [0.2, 0.25) is 0 Å². The molecule has 1 heterocycles. The number of nitrogens with zero attached hydrogens (tertiary/aromatic N) is 1. The number of hydrogen-bond donors (Lipinski definition) is 2. The lowest BCUT2D eigenvalue weighted by Crippen LogP contribution is -2.37. The number of morpholine rings is 1. The third-order valence-corrected chi connectivity index (χ3v) is 3.89. The van der Waals surface area contributed by atoms with Crippen molar-refractivity contribution in [1.29, 1.82) is 0 Å². The second-order valence-electron chi connectivity index (χ2n) is 5.69. The molecule has 2 rings (SSSR count). The normalized spacial score (nSPS) is 15.2. The summed E-state index contributed by atoms with van der Waals surface area (Å²) in [6.07, 6.45) is 1.07. The monoisotopic (exact) mass is 337 g/mol. The van der Waals surface area contributed by atoms with Gasteiger partial charge < -0.3 is 25.3 Å². The standard InChI is InChI=1S/C17H27N3O4/c1-22-15-5-2-4-14(17(15)24-13-16(18)21)12-19-6-3-7-20-8-10-23-11-9-20/h2,4-5,19H,3,6-13H2,1H3,(H2,18,21). The Morgan fingerprint density at radius 3 is 2.88 bits per heavy atom. The number of para-hydroxylation sites is 1. The number of carbonyl (C=O) groups is 1. The van der Waals surface area contributed by atoms with E-state index >= 15 is 0 Å². The van der Waals surface area contributed by atoms with Crippen LogP contribution in [0.3, 0.4) is 0 Å². The van der Waals surface area contributed by atoms with Crippen molar-refractivity contribution in [3.8, 4) is 11.5 Å². The summed E-state index contributed by atoms with van der Waals surface area (Å²) in [6, 6.07) is 5.66. The van der Waals surface area contributed by atoms with E-state index in [4.69, 9.17) is 19.9 Å². The molecular formula is C17H27N3O4. The highest BCUT2D eigenvalue weighted by Gasteiger charge is 2.12. The second-order valence-corrected chi connectivity index (χ2v) is 5.69. The number of rotatable bonds is 10. The minimum atomic E-state index is -0.509. The van der Waals surface area contributed by atoms with Gasteiger partial charge in [-0.15, -0.1) is 0 Å². The van der Waals surface area contributed by atoms with Gasteiger partial charge in [0.15, 0.2) is 18.1 Å². The Labute approximate surface area is 143 Å². The lowest BCUT2D eigenvalue weighted by atomic mass is 10.2. The molecule has 3 N–H and O–H groups in total. The van der Waals surface area contributed by atoms with E-state index in [1.165, 1.54) is 0 Å². The average molecular weight is 337 g/mol.